The molecule has 19 heavy (non-hydrogen) atoms. The number of nitrogens with zero attached hydrogens (tertiary/aromatic N) is 2. The van der Waals surface area contributed by atoms with Crippen LogP contribution in [0.2, 0.25) is 0 Å². The molecule has 1 aromatic rings. The fraction of sp³-hybridized carbons (Fsp3) is 0.467. The minimum atomic E-state index is -0.0247. The van der Waals surface area contributed by atoms with Crippen LogP contribution in [-0.4, -0.2) is 30.9 Å². The molecule has 0 bridgehead atoms. The lowest BCUT2D eigenvalue weighted by Gasteiger charge is -2.21. The van der Waals surface area contributed by atoms with E-state index in [4.69, 9.17) is 5.26 Å². The van der Waals surface area contributed by atoms with Crippen molar-refractivity contribution < 1.29 is 4.79 Å². The molecule has 0 heterocycles. The summed E-state index contributed by atoms with van der Waals surface area (Å²) in [5, 5.41) is 11.9. The molecule has 0 spiro atoms. The molecule has 0 aliphatic heterocycles. The lowest BCUT2D eigenvalue weighted by molar-refractivity contribution is -0.134. The van der Waals surface area contributed by atoms with E-state index in [0.717, 1.165) is 12.1 Å². The smallest absolute Gasteiger partial charge is 0.226 e. The second-order valence-electron chi connectivity index (χ2n) is 4.71. The molecule has 1 aromatic carbocycles. The topological polar surface area (TPSA) is 56.1 Å². The van der Waals surface area contributed by atoms with E-state index in [2.05, 4.69) is 11.4 Å². The summed E-state index contributed by atoms with van der Waals surface area (Å²) in [5.41, 5.74) is 1.67. The highest BCUT2D eigenvalue weighted by Gasteiger charge is 2.16. The highest BCUT2D eigenvalue weighted by molar-refractivity contribution is 5.78. The minimum Gasteiger partial charge on any atom is -0.341 e. The summed E-state index contributed by atoms with van der Waals surface area (Å²) in [6, 6.07) is 9.40. The Morgan fingerprint density at radius 3 is 2.58 bits per heavy atom. The number of nitriles is 1. The van der Waals surface area contributed by atoms with Gasteiger partial charge in [-0.25, -0.2) is 0 Å². The molecule has 1 N–H and O–H groups in total. The molecule has 0 aliphatic rings. The van der Waals surface area contributed by atoms with Crippen LogP contribution >= 0.6 is 0 Å². The van der Waals surface area contributed by atoms with Gasteiger partial charge >= 0.3 is 0 Å². The number of amides is 1. The Balaban J connectivity index is 2.55. The molecule has 0 saturated heterocycles. The van der Waals surface area contributed by atoms with Crippen molar-refractivity contribution in [3.63, 3.8) is 0 Å². The van der Waals surface area contributed by atoms with Gasteiger partial charge in [-0.3, -0.25) is 4.79 Å². The molecular formula is C15H21N3O. The standard InChI is InChI=1S/C15H21N3O/c1-4-17-10-12(2)15(19)18(3)11-14-7-5-13(9-16)6-8-14/h5-8,12,17H,4,10-11H2,1-3H3. The highest BCUT2D eigenvalue weighted by atomic mass is 16.2. The number of benzene rings is 1. The van der Waals surface area contributed by atoms with Crippen LogP contribution in [0.15, 0.2) is 24.3 Å². The van der Waals surface area contributed by atoms with Gasteiger partial charge in [-0.2, -0.15) is 5.26 Å². The summed E-state index contributed by atoms with van der Waals surface area (Å²) in [6.45, 7) is 6.10. The third-order valence-corrected chi connectivity index (χ3v) is 3.00. The van der Waals surface area contributed by atoms with E-state index in [1.165, 1.54) is 0 Å². The molecular weight excluding hydrogens is 238 g/mol. The third-order valence-electron chi connectivity index (χ3n) is 3.00. The van der Waals surface area contributed by atoms with Crippen molar-refractivity contribution >= 4 is 5.91 Å². The zero-order chi connectivity index (χ0) is 14.3. The van der Waals surface area contributed by atoms with E-state index in [-0.39, 0.29) is 11.8 Å². The van der Waals surface area contributed by atoms with Gasteiger partial charge in [-0.1, -0.05) is 26.0 Å². The van der Waals surface area contributed by atoms with Crippen LogP contribution in [0.5, 0.6) is 0 Å². The van der Waals surface area contributed by atoms with Gasteiger partial charge < -0.3 is 10.2 Å². The maximum absolute atomic E-state index is 12.1. The first-order valence-electron chi connectivity index (χ1n) is 6.53. The van der Waals surface area contributed by atoms with E-state index in [0.29, 0.717) is 18.7 Å². The Bertz CT molecular complexity index is 447. The molecule has 0 fully saturated rings. The Morgan fingerprint density at radius 1 is 1.42 bits per heavy atom. The van der Waals surface area contributed by atoms with Gasteiger partial charge in [-0.05, 0) is 24.2 Å². The highest BCUT2D eigenvalue weighted by Crippen LogP contribution is 2.08. The van der Waals surface area contributed by atoms with Crippen LogP contribution in [0.4, 0.5) is 0 Å². The van der Waals surface area contributed by atoms with Gasteiger partial charge in [0.1, 0.15) is 0 Å². The molecule has 102 valence electrons. The Labute approximate surface area is 115 Å². The molecule has 0 saturated carbocycles. The maximum atomic E-state index is 12.1. The second kappa shape index (κ2) is 7.55. The molecule has 4 heteroatoms. The Morgan fingerprint density at radius 2 is 2.05 bits per heavy atom. The van der Waals surface area contributed by atoms with Crippen molar-refractivity contribution in [2.24, 2.45) is 5.92 Å². The Kier molecular flexibility index (Phi) is 6.04. The van der Waals surface area contributed by atoms with Gasteiger partial charge in [0.15, 0.2) is 0 Å². The van der Waals surface area contributed by atoms with Gasteiger partial charge in [0.25, 0.3) is 0 Å². The number of hydrogen-bond acceptors (Lipinski definition) is 3. The van der Waals surface area contributed by atoms with Crippen molar-refractivity contribution in [2.45, 2.75) is 20.4 Å². The van der Waals surface area contributed by atoms with Crippen LogP contribution in [-0.2, 0) is 11.3 Å². The van der Waals surface area contributed by atoms with E-state index in [1.807, 2.05) is 33.0 Å². The van der Waals surface area contributed by atoms with E-state index in [1.54, 1.807) is 17.0 Å². The van der Waals surface area contributed by atoms with Crippen LogP contribution < -0.4 is 5.32 Å². The monoisotopic (exact) mass is 259 g/mol. The molecule has 1 atom stereocenters. The van der Waals surface area contributed by atoms with Crippen LogP contribution in [0.1, 0.15) is 25.0 Å². The van der Waals surface area contributed by atoms with Crippen molar-refractivity contribution in [3.8, 4) is 6.07 Å². The van der Waals surface area contributed by atoms with Crippen LogP contribution in [0.25, 0.3) is 0 Å². The normalized spacial score (nSPS) is 11.7. The summed E-state index contributed by atoms with van der Waals surface area (Å²) < 4.78 is 0. The van der Waals surface area contributed by atoms with Gasteiger partial charge in [0.05, 0.1) is 11.6 Å². The minimum absolute atomic E-state index is 0.0247. The molecule has 0 aromatic heterocycles. The average molecular weight is 259 g/mol. The van der Waals surface area contributed by atoms with Gasteiger partial charge in [0, 0.05) is 26.1 Å². The second-order valence-corrected chi connectivity index (χ2v) is 4.71. The summed E-state index contributed by atoms with van der Waals surface area (Å²) in [7, 11) is 1.81. The van der Waals surface area contributed by atoms with Crippen molar-refractivity contribution in [3.05, 3.63) is 35.4 Å². The predicted molar refractivity (Wildman–Crippen MR) is 75.3 cm³/mol. The fourth-order valence-corrected chi connectivity index (χ4v) is 1.86. The first kappa shape index (κ1) is 15.2. The first-order valence-corrected chi connectivity index (χ1v) is 6.53. The first-order chi connectivity index (χ1) is 9.08. The largest absolute Gasteiger partial charge is 0.341 e. The van der Waals surface area contributed by atoms with Crippen molar-refractivity contribution in [1.29, 1.82) is 5.26 Å². The lowest BCUT2D eigenvalue weighted by Crippen LogP contribution is -2.36. The molecule has 4 nitrogen and oxygen atoms in total. The van der Waals surface area contributed by atoms with E-state index in [9.17, 15) is 4.79 Å². The van der Waals surface area contributed by atoms with Crippen LogP contribution in [0.3, 0.4) is 0 Å². The zero-order valence-corrected chi connectivity index (χ0v) is 11.8. The van der Waals surface area contributed by atoms with Gasteiger partial charge in [0.2, 0.25) is 5.91 Å². The summed E-state index contributed by atoms with van der Waals surface area (Å²) in [4.78, 5) is 13.8. The van der Waals surface area contributed by atoms with Crippen molar-refractivity contribution in [1.82, 2.24) is 10.2 Å². The number of nitrogens with one attached hydrogen (secondary N) is 1. The molecule has 0 aliphatic carbocycles. The Hall–Kier alpha value is -1.86. The molecule has 0 radical (unpaired) electrons. The molecule has 1 amide bonds. The van der Waals surface area contributed by atoms with Crippen LogP contribution in [0, 0.1) is 17.2 Å². The maximum Gasteiger partial charge on any atom is 0.226 e. The quantitative estimate of drug-likeness (QED) is 0.847. The number of rotatable bonds is 6. The third kappa shape index (κ3) is 4.72. The lowest BCUT2D eigenvalue weighted by atomic mass is 10.1. The van der Waals surface area contributed by atoms with Gasteiger partial charge in [-0.15, -0.1) is 0 Å². The summed E-state index contributed by atoms with van der Waals surface area (Å²) >= 11 is 0. The van der Waals surface area contributed by atoms with Crippen molar-refractivity contribution in [2.75, 3.05) is 20.1 Å². The summed E-state index contributed by atoms with van der Waals surface area (Å²) in [5.74, 6) is 0.105. The predicted octanol–water partition coefficient (Wildman–Crippen LogP) is 1.76. The number of carbonyl (C=O) groups is 1. The average Bonchev–Trinajstić information content (AvgIpc) is 2.44. The zero-order valence-electron chi connectivity index (χ0n) is 11.8. The SMILES string of the molecule is CCNCC(C)C(=O)N(C)Cc1ccc(C#N)cc1. The number of carbonyl (C=O) groups excluding carboxylic acids is 1. The van der Waals surface area contributed by atoms with E-state index < -0.39 is 0 Å². The molecule has 1 unspecified atom stereocenters. The molecule has 1 rings (SSSR count). The number of hydrogen-bond donors (Lipinski definition) is 1. The fourth-order valence-electron chi connectivity index (χ4n) is 1.86. The summed E-state index contributed by atoms with van der Waals surface area (Å²) in [6.07, 6.45) is 0. The van der Waals surface area contributed by atoms with E-state index >= 15 is 0 Å².